The standard InChI is InChI=1S/C17H17F4N3/c1-2-3-10-22-13-8-9-14-15(13)16(17(19,20)21)23-24(14)12-6-4-11(18)5-7-12/h4-7H,2-3,8-10H2,1H3. The summed E-state index contributed by atoms with van der Waals surface area (Å²) in [5, 5.41) is 3.77. The molecule has 0 aliphatic heterocycles. The number of nitrogens with zero attached hydrogens (tertiary/aromatic N) is 3. The number of halogens is 4. The number of aliphatic imine (C=N–C) groups is 1. The second kappa shape index (κ2) is 6.37. The number of benzene rings is 1. The molecule has 7 heteroatoms. The molecule has 0 fully saturated rings. The van der Waals surface area contributed by atoms with Gasteiger partial charge in [-0.15, -0.1) is 0 Å². The fourth-order valence-corrected chi connectivity index (χ4v) is 2.87. The van der Waals surface area contributed by atoms with E-state index in [9.17, 15) is 17.6 Å². The van der Waals surface area contributed by atoms with Gasteiger partial charge in [-0.1, -0.05) is 13.3 Å². The maximum atomic E-state index is 13.4. The smallest absolute Gasteiger partial charge is 0.289 e. The van der Waals surface area contributed by atoms with Crippen LogP contribution in [0.15, 0.2) is 29.3 Å². The summed E-state index contributed by atoms with van der Waals surface area (Å²) in [7, 11) is 0. The normalized spacial score (nSPS) is 16.0. The molecule has 2 aromatic rings. The van der Waals surface area contributed by atoms with Gasteiger partial charge in [-0.05, 0) is 43.5 Å². The highest BCUT2D eigenvalue weighted by molar-refractivity contribution is 6.05. The third kappa shape index (κ3) is 3.07. The van der Waals surface area contributed by atoms with E-state index < -0.39 is 17.7 Å². The molecule has 1 heterocycles. The van der Waals surface area contributed by atoms with E-state index in [4.69, 9.17) is 0 Å². The minimum Gasteiger partial charge on any atom is -0.289 e. The van der Waals surface area contributed by atoms with E-state index in [1.165, 1.54) is 28.9 Å². The van der Waals surface area contributed by atoms with Crippen LogP contribution in [0.3, 0.4) is 0 Å². The molecule has 0 radical (unpaired) electrons. The maximum Gasteiger partial charge on any atom is 0.435 e. The molecule has 0 bridgehead atoms. The molecule has 24 heavy (non-hydrogen) atoms. The Balaban J connectivity index is 2.10. The third-order valence-corrected chi connectivity index (χ3v) is 4.02. The Labute approximate surface area is 137 Å². The molecule has 128 valence electrons. The van der Waals surface area contributed by atoms with Crippen LogP contribution in [-0.2, 0) is 12.6 Å². The van der Waals surface area contributed by atoms with Crippen molar-refractivity contribution in [2.45, 2.75) is 38.8 Å². The lowest BCUT2D eigenvalue weighted by Crippen LogP contribution is -2.12. The van der Waals surface area contributed by atoms with Gasteiger partial charge in [0, 0.05) is 17.8 Å². The SMILES string of the molecule is CCCCN=C1CCc2c1c(C(F)(F)F)nn2-c1ccc(F)cc1. The van der Waals surface area contributed by atoms with Gasteiger partial charge in [0.05, 0.1) is 11.4 Å². The lowest BCUT2D eigenvalue weighted by atomic mass is 10.1. The molecule has 1 aliphatic rings. The van der Waals surface area contributed by atoms with E-state index in [1.54, 1.807) is 0 Å². The molecule has 0 amide bonds. The zero-order chi connectivity index (χ0) is 17.3. The largest absolute Gasteiger partial charge is 0.435 e. The second-order valence-electron chi connectivity index (χ2n) is 5.74. The fraction of sp³-hybridized carbons (Fsp3) is 0.412. The van der Waals surface area contributed by atoms with Gasteiger partial charge < -0.3 is 0 Å². The molecule has 3 nitrogen and oxygen atoms in total. The summed E-state index contributed by atoms with van der Waals surface area (Å²) in [5.41, 5.74) is 0.568. The molecule has 1 aromatic heterocycles. The van der Waals surface area contributed by atoms with Crippen LogP contribution in [0.1, 0.15) is 43.1 Å². The van der Waals surface area contributed by atoms with E-state index in [0.29, 0.717) is 36.5 Å². The van der Waals surface area contributed by atoms with E-state index in [1.807, 2.05) is 6.92 Å². The van der Waals surface area contributed by atoms with Crippen molar-refractivity contribution < 1.29 is 17.6 Å². The minimum absolute atomic E-state index is 0.0999. The lowest BCUT2D eigenvalue weighted by molar-refractivity contribution is -0.141. The Morgan fingerprint density at radius 3 is 2.50 bits per heavy atom. The second-order valence-corrected chi connectivity index (χ2v) is 5.74. The predicted molar refractivity (Wildman–Crippen MR) is 83.2 cm³/mol. The van der Waals surface area contributed by atoms with Crippen molar-refractivity contribution in [2.24, 2.45) is 4.99 Å². The summed E-state index contributed by atoms with van der Waals surface area (Å²) in [5.74, 6) is -0.444. The predicted octanol–water partition coefficient (Wildman–Crippen LogP) is 4.57. The first-order valence-electron chi connectivity index (χ1n) is 7.90. The summed E-state index contributed by atoms with van der Waals surface area (Å²) >= 11 is 0. The van der Waals surface area contributed by atoms with Crippen molar-refractivity contribution in [1.29, 1.82) is 0 Å². The minimum atomic E-state index is -4.55. The monoisotopic (exact) mass is 339 g/mol. The number of aromatic nitrogens is 2. The van der Waals surface area contributed by atoms with Gasteiger partial charge in [0.15, 0.2) is 5.69 Å². The van der Waals surface area contributed by atoms with Gasteiger partial charge in [0.25, 0.3) is 0 Å². The van der Waals surface area contributed by atoms with Crippen LogP contribution < -0.4 is 0 Å². The fourth-order valence-electron chi connectivity index (χ4n) is 2.87. The molecule has 0 atom stereocenters. The van der Waals surface area contributed by atoms with E-state index >= 15 is 0 Å². The molecule has 0 unspecified atom stereocenters. The molecule has 0 saturated carbocycles. The van der Waals surface area contributed by atoms with Crippen molar-refractivity contribution in [3.63, 3.8) is 0 Å². The lowest BCUT2D eigenvalue weighted by Gasteiger charge is -2.06. The Morgan fingerprint density at radius 1 is 1.17 bits per heavy atom. The summed E-state index contributed by atoms with van der Waals surface area (Å²) < 4.78 is 54.6. The third-order valence-electron chi connectivity index (χ3n) is 4.02. The molecule has 1 aliphatic carbocycles. The van der Waals surface area contributed by atoms with E-state index in [2.05, 4.69) is 10.1 Å². The van der Waals surface area contributed by atoms with Crippen LogP contribution in [0, 0.1) is 5.82 Å². The van der Waals surface area contributed by atoms with Crippen molar-refractivity contribution in [3.8, 4) is 5.69 Å². The van der Waals surface area contributed by atoms with Crippen LogP contribution in [0.2, 0.25) is 0 Å². The van der Waals surface area contributed by atoms with Gasteiger partial charge in [-0.3, -0.25) is 4.99 Å². The Hall–Kier alpha value is -2.18. The highest BCUT2D eigenvalue weighted by Crippen LogP contribution is 2.37. The first-order valence-corrected chi connectivity index (χ1v) is 7.90. The van der Waals surface area contributed by atoms with Gasteiger partial charge >= 0.3 is 6.18 Å². The number of rotatable bonds is 4. The zero-order valence-corrected chi connectivity index (χ0v) is 13.2. The first kappa shape index (κ1) is 16.7. The molecule has 1 aromatic carbocycles. The summed E-state index contributed by atoms with van der Waals surface area (Å²) in [4.78, 5) is 4.35. The topological polar surface area (TPSA) is 30.2 Å². The quantitative estimate of drug-likeness (QED) is 0.593. The van der Waals surface area contributed by atoms with Crippen molar-refractivity contribution in [2.75, 3.05) is 6.54 Å². The van der Waals surface area contributed by atoms with Crippen LogP contribution >= 0.6 is 0 Å². The number of hydrogen-bond acceptors (Lipinski definition) is 2. The van der Waals surface area contributed by atoms with Gasteiger partial charge in [-0.2, -0.15) is 18.3 Å². The number of fused-ring (bicyclic) bond motifs is 1. The van der Waals surface area contributed by atoms with Crippen molar-refractivity contribution >= 4 is 5.71 Å². The molecular weight excluding hydrogens is 322 g/mol. The molecule has 0 N–H and O–H groups in total. The van der Waals surface area contributed by atoms with Crippen molar-refractivity contribution in [3.05, 3.63) is 47.0 Å². The summed E-state index contributed by atoms with van der Waals surface area (Å²) in [6, 6.07) is 5.27. The summed E-state index contributed by atoms with van der Waals surface area (Å²) in [6.07, 6.45) is -1.86. The van der Waals surface area contributed by atoms with Crippen LogP contribution in [0.25, 0.3) is 5.69 Å². The van der Waals surface area contributed by atoms with Crippen LogP contribution in [-0.4, -0.2) is 22.0 Å². The van der Waals surface area contributed by atoms with Gasteiger partial charge in [0.2, 0.25) is 0 Å². The molecular formula is C17H17F4N3. The highest BCUT2D eigenvalue weighted by Gasteiger charge is 2.42. The average Bonchev–Trinajstić information content (AvgIpc) is 3.09. The van der Waals surface area contributed by atoms with Gasteiger partial charge in [0.1, 0.15) is 5.82 Å². The van der Waals surface area contributed by atoms with E-state index in [-0.39, 0.29) is 5.56 Å². The van der Waals surface area contributed by atoms with Crippen molar-refractivity contribution in [1.82, 2.24) is 9.78 Å². The van der Waals surface area contributed by atoms with Crippen LogP contribution in [0.4, 0.5) is 17.6 Å². The number of unbranched alkanes of at least 4 members (excludes halogenated alkanes) is 1. The van der Waals surface area contributed by atoms with Crippen LogP contribution in [0.5, 0.6) is 0 Å². The Bertz CT molecular complexity index is 757. The Kier molecular flexibility index (Phi) is 4.43. The summed E-state index contributed by atoms with van der Waals surface area (Å²) in [6.45, 7) is 2.53. The first-order chi connectivity index (χ1) is 11.4. The van der Waals surface area contributed by atoms with Gasteiger partial charge in [-0.25, -0.2) is 9.07 Å². The number of alkyl halides is 3. The molecule has 3 rings (SSSR count). The molecule has 0 saturated heterocycles. The maximum absolute atomic E-state index is 13.4. The Morgan fingerprint density at radius 2 is 1.88 bits per heavy atom. The van der Waals surface area contributed by atoms with E-state index in [0.717, 1.165) is 12.8 Å². The number of hydrogen-bond donors (Lipinski definition) is 0. The zero-order valence-electron chi connectivity index (χ0n) is 13.2. The highest BCUT2D eigenvalue weighted by atomic mass is 19.4. The average molecular weight is 339 g/mol. The molecule has 0 spiro atoms.